The zero-order valence-corrected chi connectivity index (χ0v) is 12.5. The molecule has 2 aromatic rings. The quantitative estimate of drug-likeness (QED) is 0.889. The third-order valence-corrected chi connectivity index (χ3v) is 4.22. The van der Waals surface area contributed by atoms with E-state index in [4.69, 9.17) is 0 Å². The molecule has 1 aliphatic rings. The highest BCUT2D eigenvalue weighted by molar-refractivity contribution is 5.75. The first-order valence-corrected chi connectivity index (χ1v) is 7.82. The van der Waals surface area contributed by atoms with Gasteiger partial charge in [0.25, 0.3) is 0 Å². The Hall–Kier alpha value is -2.36. The van der Waals surface area contributed by atoms with Crippen LogP contribution in [0.15, 0.2) is 54.9 Å². The van der Waals surface area contributed by atoms with Gasteiger partial charge in [-0.2, -0.15) is 0 Å². The second-order valence-electron chi connectivity index (χ2n) is 5.78. The van der Waals surface area contributed by atoms with E-state index >= 15 is 0 Å². The van der Waals surface area contributed by atoms with Crippen molar-refractivity contribution in [3.05, 3.63) is 66.0 Å². The Morgan fingerprint density at radius 3 is 2.41 bits per heavy atom. The van der Waals surface area contributed by atoms with Crippen LogP contribution in [-0.2, 0) is 0 Å². The van der Waals surface area contributed by atoms with Gasteiger partial charge >= 0.3 is 6.03 Å². The average molecular weight is 295 g/mol. The third-order valence-electron chi connectivity index (χ3n) is 4.22. The molecule has 4 heteroatoms. The van der Waals surface area contributed by atoms with Crippen LogP contribution in [0.25, 0.3) is 0 Å². The lowest BCUT2D eigenvalue weighted by molar-refractivity contribution is 0.230. The molecule has 3 rings (SSSR count). The Morgan fingerprint density at radius 1 is 1.09 bits per heavy atom. The number of nitrogens with one attached hydrogen (secondary N) is 2. The van der Waals surface area contributed by atoms with E-state index in [-0.39, 0.29) is 12.1 Å². The van der Waals surface area contributed by atoms with Crippen molar-refractivity contribution in [3.8, 4) is 0 Å². The lowest BCUT2D eigenvalue weighted by Gasteiger charge is -2.26. The lowest BCUT2D eigenvalue weighted by atomic mass is 9.85. The molecule has 4 nitrogen and oxygen atoms in total. The van der Waals surface area contributed by atoms with Crippen molar-refractivity contribution >= 4 is 6.03 Å². The molecule has 1 aromatic heterocycles. The van der Waals surface area contributed by atoms with Crippen molar-refractivity contribution in [2.45, 2.75) is 25.3 Å². The van der Waals surface area contributed by atoms with Crippen LogP contribution in [0.4, 0.5) is 4.79 Å². The lowest BCUT2D eigenvalue weighted by Crippen LogP contribution is -2.41. The molecule has 0 unspecified atom stereocenters. The van der Waals surface area contributed by atoms with Gasteiger partial charge in [-0.25, -0.2) is 4.79 Å². The topological polar surface area (TPSA) is 54.0 Å². The van der Waals surface area contributed by atoms with Crippen LogP contribution in [0.1, 0.15) is 36.4 Å². The minimum Gasteiger partial charge on any atom is -0.338 e. The summed E-state index contributed by atoms with van der Waals surface area (Å²) in [4.78, 5) is 16.3. The van der Waals surface area contributed by atoms with Crippen LogP contribution in [0.5, 0.6) is 0 Å². The van der Waals surface area contributed by atoms with Crippen molar-refractivity contribution in [2.24, 2.45) is 5.92 Å². The third kappa shape index (κ3) is 3.64. The van der Waals surface area contributed by atoms with E-state index in [0.29, 0.717) is 5.92 Å². The number of urea groups is 1. The van der Waals surface area contributed by atoms with Gasteiger partial charge in [-0.3, -0.25) is 4.98 Å². The predicted octanol–water partition coefficient (Wildman–Crippen LogP) is 3.27. The maximum absolute atomic E-state index is 12.2. The van der Waals surface area contributed by atoms with Gasteiger partial charge < -0.3 is 10.6 Å². The molecular weight excluding hydrogens is 274 g/mol. The van der Waals surface area contributed by atoms with Crippen molar-refractivity contribution < 1.29 is 4.79 Å². The first-order chi connectivity index (χ1) is 10.8. The standard InChI is InChI=1S/C18H21N3O/c22-18(20-13-14-5-4-6-14)21-17(15-7-2-1-3-8-15)16-9-11-19-12-10-16/h1-3,7-12,14,17H,4-6,13H2,(H2,20,21,22)/t17-/m1/s1. The molecule has 1 aliphatic carbocycles. The summed E-state index contributed by atoms with van der Waals surface area (Å²) in [7, 11) is 0. The fourth-order valence-corrected chi connectivity index (χ4v) is 2.68. The number of pyridine rings is 1. The van der Waals surface area contributed by atoms with Crippen LogP contribution in [-0.4, -0.2) is 17.6 Å². The van der Waals surface area contributed by atoms with E-state index in [1.807, 2.05) is 42.5 Å². The van der Waals surface area contributed by atoms with Gasteiger partial charge in [-0.05, 0) is 42.0 Å². The van der Waals surface area contributed by atoms with Crippen molar-refractivity contribution in [2.75, 3.05) is 6.54 Å². The van der Waals surface area contributed by atoms with E-state index in [2.05, 4.69) is 15.6 Å². The molecule has 1 saturated carbocycles. The highest BCUT2D eigenvalue weighted by Crippen LogP contribution is 2.25. The average Bonchev–Trinajstić information content (AvgIpc) is 2.53. The molecule has 2 amide bonds. The number of benzene rings is 1. The highest BCUT2D eigenvalue weighted by atomic mass is 16.2. The second kappa shape index (κ2) is 7.07. The number of amides is 2. The molecule has 1 aromatic carbocycles. The molecule has 0 spiro atoms. The van der Waals surface area contributed by atoms with E-state index in [1.165, 1.54) is 19.3 Å². The first kappa shape index (κ1) is 14.6. The Kier molecular flexibility index (Phi) is 4.68. The second-order valence-corrected chi connectivity index (χ2v) is 5.78. The van der Waals surface area contributed by atoms with E-state index in [0.717, 1.165) is 17.7 Å². The number of hydrogen-bond acceptors (Lipinski definition) is 2. The molecule has 0 radical (unpaired) electrons. The minimum absolute atomic E-state index is 0.113. The minimum atomic E-state index is -0.161. The smallest absolute Gasteiger partial charge is 0.315 e. The number of carbonyl (C=O) groups excluding carboxylic acids is 1. The van der Waals surface area contributed by atoms with Gasteiger partial charge in [0.2, 0.25) is 0 Å². The molecule has 1 fully saturated rings. The summed E-state index contributed by atoms with van der Waals surface area (Å²) in [5.74, 6) is 0.654. The molecule has 2 N–H and O–H groups in total. The summed E-state index contributed by atoms with van der Waals surface area (Å²) < 4.78 is 0. The number of nitrogens with zero attached hydrogens (tertiary/aromatic N) is 1. The number of hydrogen-bond donors (Lipinski definition) is 2. The molecule has 1 atom stereocenters. The fraction of sp³-hybridized carbons (Fsp3) is 0.333. The summed E-state index contributed by atoms with van der Waals surface area (Å²) in [6, 6.07) is 13.6. The molecule has 22 heavy (non-hydrogen) atoms. The predicted molar refractivity (Wildman–Crippen MR) is 86.4 cm³/mol. The van der Waals surface area contributed by atoms with Crippen molar-refractivity contribution in [1.82, 2.24) is 15.6 Å². The fourth-order valence-electron chi connectivity index (χ4n) is 2.68. The Balaban J connectivity index is 1.69. The molecule has 1 heterocycles. The molecule has 114 valence electrons. The van der Waals surface area contributed by atoms with Crippen LogP contribution >= 0.6 is 0 Å². The Morgan fingerprint density at radius 2 is 1.77 bits per heavy atom. The molecule has 0 saturated heterocycles. The Bertz CT molecular complexity index is 557. The van der Waals surface area contributed by atoms with Gasteiger partial charge in [0.05, 0.1) is 6.04 Å². The van der Waals surface area contributed by atoms with E-state index in [1.54, 1.807) is 12.4 Å². The molecule has 0 bridgehead atoms. The summed E-state index contributed by atoms with van der Waals surface area (Å²) >= 11 is 0. The number of carbonyl (C=O) groups is 1. The number of rotatable bonds is 5. The summed E-state index contributed by atoms with van der Waals surface area (Å²) in [5, 5.41) is 6.06. The SMILES string of the molecule is O=C(NCC1CCC1)N[C@H](c1ccccc1)c1ccncc1. The normalized spacial score (nSPS) is 15.6. The van der Waals surface area contributed by atoms with Gasteiger partial charge in [-0.1, -0.05) is 36.8 Å². The van der Waals surface area contributed by atoms with Gasteiger partial charge in [-0.15, -0.1) is 0 Å². The van der Waals surface area contributed by atoms with Crippen LogP contribution in [0, 0.1) is 5.92 Å². The first-order valence-electron chi connectivity index (χ1n) is 7.82. The van der Waals surface area contributed by atoms with Crippen LogP contribution in [0.3, 0.4) is 0 Å². The van der Waals surface area contributed by atoms with E-state index < -0.39 is 0 Å². The van der Waals surface area contributed by atoms with E-state index in [9.17, 15) is 4.79 Å². The maximum atomic E-state index is 12.2. The zero-order valence-electron chi connectivity index (χ0n) is 12.5. The number of aromatic nitrogens is 1. The Labute approximate surface area is 131 Å². The van der Waals surface area contributed by atoms with Crippen LogP contribution < -0.4 is 10.6 Å². The summed E-state index contributed by atoms with van der Waals surface area (Å²) in [6.45, 7) is 0.768. The largest absolute Gasteiger partial charge is 0.338 e. The van der Waals surface area contributed by atoms with Gasteiger partial charge in [0.15, 0.2) is 0 Å². The summed E-state index contributed by atoms with van der Waals surface area (Å²) in [5.41, 5.74) is 2.09. The van der Waals surface area contributed by atoms with Gasteiger partial charge in [0, 0.05) is 18.9 Å². The highest BCUT2D eigenvalue weighted by Gasteiger charge is 2.20. The zero-order chi connectivity index (χ0) is 15.2. The summed E-state index contributed by atoms with van der Waals surface area (Å²) in [6.07, 6.45) is 7.25. The van der Waals surface area contributed by atoms with Gasteiger partial charge in [0.1, 0.15) is 0 Å². The van der Waals surface area contributed by atoms with Crippen LogP contribution in [0.2, 0.25) is 0 Å². The monoisotopic (exact) mass is 295 g/mol. The van der Waals surface area contributed by atoms with Crippen molar-refractivity contribution in [3.63, 3.8) is 0 Å². The molecule has 0 aliphatic heterocycles. The molecular formula is C18H21N3O. The van der Waals surface area contributed by atoms with Crippen molar-refractivity contribution in [1.29, 1.82) is 0 Å². The maximum Gasteiger partial charge on any atom is 0.315 e.